The fourth-order valence-corrected chi connectivity index (χ4v) is 6.74. The number of halogens is 4. The summed E-state index contributed by atoms with van der Waals surface area (Å²) < 4.78 is 54.9. The lowest BCUT2D eigenvalue weighted by atomic mass is 9.88. The maximum atomic E-state index is 15.2. The average molecular weight is 592 g/mol. The van der Waals surface area contributed by atoms with Crippen LogP contribution in [0.1, 0.15) is 105 Å². The third-order valence-corrected chi connectivity index (χ3v) is 9.34. The van der Waals surface area contributed by atoms with Crippen LogP contribution in [-0.2, 0) is 6.42 Å². The van der Waals surface area contributed by atoms with E-state index in [1.165, 1.54) is 11.1 Å². The van der Waals surface area contributed by atoms with E-state index in [2.05, 4.69) is 18.0 Å². The Balaban J connectivity index is 1.46. The van der Waals surface area contributed by atoms with Crippen molar-refractivity contribution < 1.29 is 17.6 Å². The molecule has 0 fully saturated rings. The highest BCUT2D eigenvalue weighted by Crippen LogP contribution is 2.40. The molecule has 0 amide bonds. The minimum Gasteiger partial charge on any atom is -0.306 e. The Labute approximate surface area is 250 Å². The zero-order valence-corrected chi connectivity index (χ0v) is 26.4. The van der Waals surface area contributed by atoms with E-state index in [-0.39, 0.29) is 18.1 Å². The molecule has 3 rings (SSSR count). The van der Waals surface area contributed by atoms with Gasteiger partial charge in [0.15, 0.2) is 0 Å². The number of alkyl halides is 2. The van der Waals surface area contributed by atoms with E-state index in [1.54, 1.807) is 17.8 Å². The molecule has 0 unspecified atom stereocenters. The van der Waals surface area contributed by atoms with Crippen LogP contribution < -0.4 is 0 Å². The summed E-state index contributed by atoms with van der Waals surface area (Å²) in [7, 11) is 2.18. The van der Waals surface area contributed by atoms with Crippen LogP contribution in [0.4, 0.5) is 17.6 Å². The summed E-state index contributed by atoms with van der Waals surface area (Å²) in [4.78, 5) is 2.40. The Morgan fingerprint density at radius 1 is 0.829 bits per heavy atom. The molecule has 0 spiro atoms. The van der Waals surface area contributed by atoms with Crippen molar-refractivity contribution in [3.8, 4) is 0 Å². The number of unbranched alkanes of at least 4 members (excludes halogenated alkanes) is 4. The highest BCUT2D eigenvalue weighted by molar-refractivity contribution is 7.99. The predicted octanol–water partition coefficient (Wildman–Crippen LogP) is 10.7. The molecule has 6 heteroatoms. The molecular weight excluding hydrogens is 542 g/mol. The minimum atomic E-state index is -2.54. The molecule has 0 radical (unpaired) electrons. The average Bonchev–Trinajstić information content (AvgIpc) is 3.10. The van der Waals surface area contributed by atoms with E-state index in [9.17, 15) is 13.2 Å². The van der Waals surface area contributed by atoms with Gasteiger partial charge in [-0.15, -0.1) is 0 Å². The first-order chi connectivity index (χ1) is 19.6. The molecule has 0 saturated carbocycles. The molecule has 1 aliphatic carbocycles. The number of aryl methyl sites for hydroxylation is 2. The van der Waals surface area contributed by atoms with Gasteiger partial charge < -0.3 is 4.90 Å². The lowest BCUT2D eigenvalue weighted by Gasteiger charge is -2.18. The molecule has 0 heterocycles. The fourth-order valence-electron chi connectivity index (χ4n) is 5.78. The van der Waals surface area contributed by atoms with E-state index in [4.69, 9.17) is 0 Å². The monoisotopic (exact) mass is 591 g/mol. The Hall–Kier alpha value is -1.79. The first-order valence-electron chi connectivity index (χ1n) is 15.5. The van der Waals surface area contributed by atoms with Gasteiger partial charge >= 0.3 is 0 Å². The van der Waals surface area contributed by atoms with Crippen molar-refractivity contribution in [2.75, 3.05) is 31.6 Å². The van der Waals surface area contributed by atoms with Crippen molar-refractivity contribution in [2.45, 2.75) is 104 Å². The third kappa shape index (κ3) is 11.1. The van der Waals surface area contributed by atoms with Gasteiger partial charge in [0, 0.05) is 6.42 Å². The van der Waals surface area contributed by atoms with Crippen LogP contribution in [0.25, 0.3) is 11.1 Å². The van der Waals surface area contributed by atoms with Gasteiger partial charge in [0.05, 0.1) is 0 Å². The van der Waals surface area contributed by atoms with Crippen molar-refractivity contribution in [1.82, 2.24) is 4.90 Å². The normalized spacial score (nSPS) is 14.1. The van der Waals surface area contributed by atoms with Crippen molar-refractivity contribution in [1.29, 1.82) is 0 Å². The van der Waals surface area contributed by atoms with Crippen LogP contribution in [0.15, 0.2) is 30.3 Å². The molecule has 0 N–H and O–H groups in total. The number of hydrogen-bond donors (Lipinski definition) is 0. The van der Waals surface area contributed by atoms with Crippen molar-refractivity contribution >= 4 is 22.9 Å². The molecular formula is C35H49F4NS. The molecule has 0 bridgehead atoms. The molecule has 1 nitrogen and oxygen atoms in total. The molecule has 2 aromatic carbocycles. The zero-order valence-electron chi connectivity index (χ0n) is 25.6. The van der Waals surface area contributed by atoms with Crippen LogP contribution in [0.5, 0.6) is 0 Å². The van der Waals surface area contributed by atoms with Gasteiger partial charge in [0.25, 0.3) is 0 Å². The number of benzene rings is 2. The second-order valence-electron chi connectivity index (χ2n) is 12.0. The zero-order chi connectivity index (χ0) is 29.8. The first-order valence-corrected chi connectivity index (χ1v) is 16.6. The quantitative estimate of drug-likeness (QED) is 0.133. The lowest BCUT2D eigenvalue weighted by molar-refractivity contribution is 0.0126. The topological polar surface area (TPSA) is 3.24 Å². The van der Waals surface area contributed by atoms with Gasteiger partial charge in [-0.05, 0) is 161 Å². The Morgan fingerprint density at radius 2 is 1.54 bits per heavy atom. The van der Waals surface area contributed by atoms with Crippen LogP contribution >= 0.6 is 11.8 Å². The standard InChI is InChI=1S/C35H49F4NS/c1-26-16-18-31-30(29(14-11-15-32(31)34(26)37)28-17-19-33(36)27(2)25-28)13-7-5-6-8-21-40(4)22-9-10-23-41-24-12-20-35(3,38)39/h16-19,25H,5-15,20-24H2,1-4H3. The number of thioether (sulfide) groups is 1. The maximum Gasteiger partial charge on any atom is 0.245 e. The van der Waals surface area contributed by atoms with Crippen LogP contribution in [0.2, 0.25) is 0 Å². The molecule has 0 saturated heterocycles. The molecule has 0 aromatic heterocycles. The molecule has 0 atom stereocenters. The maximum absolute atomic E-state index is 15.2. The van der Waals surface area contributed by atoms with E-state index in [1.807, 2.05) is 32.0 Å². The lowest BCUT2D eigenvalue weighted by Crippen LogP contribution is -2.21. The summed E-state index contributed by atoms with van der Waals surface area (Å²) in [6, 6.07) is 9.39. The largest absolute Gasteiger partial charge is 0.306 e. The number of allylic oxidation sites excluding steroid dienone is 2. The van der Waals surface area contributed by atoms with Crippen molar-refractivity contribution in [3.63, 3.8) is 0 Å². The summed E-state index contributed by atoms with van der Waals surface area (Å²) >= 11 is 1.79. The molecule has 41 heavy (non-hydrogen) atoms. The van der Waals surface area contributed by atoms with Gasteiger partial charge in [-0.2, -0.15) is 11.8 Å². The fraction of sp³-hybridized carbons (Fsp3) is 0.600. The van der Waals surface area contributed by atoms with E-state index in [0.29, 0.717) is 17.5 Å². The minimum absolute atomic E-state index is 0.0129. The van der Waals surface area contributed by atoms with Gasteiger partial charge in [0.2, 0.25) is 5.92 Å². The second kappa shape index (κ2) is 16.7. The van der Waals surface area contributed by atoms with Crippen LogP contribution in [-0.4, -0.2) is 42.5 Å². The number of fused-ring (bicyclic) bond motifs is 1. The summed E-state index contributed by atoms with van der Waals surface area (Å²) in [6.45, 7) is 6.79. The summed E-state index contributed by atoms with van der Waals surface area (Å²) in [6.07, 6.45) is 10.8. The van der Waals surface area contributed by atoms with E-state index in [0.717, 1.165) is 112 Å². The number of nitrogens with zero attached hydrogens (tertiary/aromatic N) is 1. The van der Waals surface area contributed by atoms with E-state index >= 15 is 4.39 Å². The highest BCUT2D eigenvalue weighted by atomic mass is 32.2. The number of hydrogen-bond acceptors (Lipinski definition) is 2. The Kier molecular flexibility index (Phi) is 13.8. The Bertz CT molecular complexity index is 1140. The van der Waals surface area contributed by atoms with Crippen LogP contribution in [0, 0.1) is 25.5 Å². The molecule has 0 aliphatic heterocycles. The van der Waals surface area contributed by atoms with Gasteiger partial charge in [-0.1, -0.05) is 31.0 Å². The summed E-state index contributed by atoms with van der Waals surface area (Å²) in [5, 5.41) is 0. The van der Waals surface area contributed by atoms with Gasteiger partial charge in [-0.3, -0.25) is 0 Å². The SMILES string of the molecule is Cc1cc(C2=C(CCCCCCN(C)CCCCSCCCC(C)(F)F)c3ccc(C)c(F)c3CCC2)ccc1F. The van der Waals surface area contributed by atoms with E-state index < -0.39 is 5.92 Å². The third-order valence-electron chi connectivity index (χ3n) is 8.19. The highest BCUT2D eigenvalue weighted by Gasteiger charge is 2.22. The molecule has 1 aliphatic rings. The van der Waals surface area contributed by atoms with Gasteiger partial charge in [0.1, 0.15) is 11.6 Å². The molecule has 2 aromatic rings. The molecule has 228 valence electrons. The predicted molar refractivity (Wildman–Crippen MR) is 169 cm³/mol. The van der Waals surface area contributed by atoms with Crippen LogP contribution in [0.3, 0.4) is 0 Å². The first kappa shape index (κ1) is 33.7. The smallest absolute Gasteiger partial charge is 0.245 e. The van der Waals surface area contributed by atoms with Gasteiger partial charge in [-0.25, -0.2) is 17.6 Å². The summed E-state index contributed by atoms with van der Waals surface area (Å²) in [5.41, 5.74) is 6.79. The second-order valence-corrected chi connectivity index (χ2v) is 13.2. The summed E-state index contributed by atoms with van der Waals surface area (Å²) in [5.74, 6) is -0.926. The van der Waals surface area contributed by atoms with Crippen molar-refractivity contribution in [2.24, 2.45) is 0 Å². The number of rotatable bonds is 17. The van der Waals surface area contributed by atoms with Crippen molar-refractivity contribution in [3.05, 3.63) is 69.8 Å². The Morgan fingerprint density at radius 3 is 2.27 bits per heavy atom.